The highest BCUT2D eigenvalue weighted by Gasteiger charge is 2.30. The van der Waals surface area contributed by atoms with Crippen molar-refractivity contribution in [2.45, 2.75) is 25.2 Å². The number of aryl methyl sites for hydroxylation is 1. The molecule has 2 heterocycles. The maximum atomic E-state index is 13.2. The summed E-state index contributed by atoms with van der Waals surface area (Å²) in [6.45, 7) is 5.33. The number of nitrogens with one attached hydrogen (secondary N) is 2. The molecular formula is C23H27N3O5S. The van der Waals surface area contributed by atoms with Crippen LogP contribution in [0.15, 0.2) is 47.4 Å². The van der Waals surface area contributed by atoms with E-state index in [0.717, 1.165) is 22.2 Å². The number of anilines is 1. The second-order valence-electron chi connectivity index (χ2n) is 7.61. The highest BCUT2D eigenvalue weighted by atomic mass is 32.2. The van der Waals surface area contributed by atoms with Crippen LogP contribution in [0.4, 0.5) is 5.69 Å². The zero-order valence-electron chi connectivity index (χ0n) is 18.2. The van der Waals surface area contributed by atoms with Crippen molar-refractivity contribution in [2.75, 3.05) is 38.2 Å². The predicted molar refractivity (Wildman–Crippen MR) is 123 cm³/mol. The largest absolute Gasteiger partial charge is 0.492 e. The Morgan fingerprint density at radius 3 is 2.69 bits per heavy atom. The fourth-order valence-electron chi connectivity index (χ4n) is 3.92. The normalized spacial score (nSPS) is 15.1. The van der Waals surface area contributed by atoms with Crippen molar-refractivity contribution in [3.8, 4) is 5.75 Å². The van der Waals surface area contributed by atoms with Gasteiger partial charge in [-0.25, -0.2) is 8.42 Å². The quantitative estimate of drug-likeness (QED) is 0.568. The molecule has 32 heavy (non-hydrogen) atoms. The number of carbonyl (C=O) groups excluding carboxylic acids is 1. The number of carbonyl (C=O) groups is 1. The number of fused-ring (bicyclic) bond motifs is 1. The molecule has 4 rings (SSSR count). The lowest BCUT2D eigenvalue weighted by molar-refractivity contribution is -0.115. The Kier molecular flexibility index (Phi) is 6.50. The van der Waals surface area contributed by atoms with Crippen molar-refractivity contribution >= 4 is 32.5 Å². The third kappa shape index (κ3) is 4.50. The van der Waals surface area contributed by atoms with Crippen LogP contribution < -0.4 is 10.1 Å². The number of H-pyrrole nitrogens is 1. The molecule has 9 heteroatoms. The second kappa shape index (κ2) is 9.32. The van der Waals surface area contributed by atoms with E-state index < -0.39 is 10.0 Å². The standard InChI is InChI=1S/C23H27N3O5S/c1-3-31-21-9-8-17(14-22(21)32(28,29)26-10-12-30-13-11-26)25-23(27)15-19-16(2)24-20-7-5-4-6-18(19)20/h4-9,14,24H,3,10-13,15H2,1-2H3,(H,25,27). The zero-order valence-corrected chi connectivity index (χ0v) is 19.0. The average Bonchev–Trinajstić information content (AvgIpc) is 3.10. The topological polar surface area (TPSA) is 101 Å². The zero-order chi connectivity index (χ0) is 22.7. The van der Waals surface area contributed by atoms with Crippen LogP contribution in [0.1, 0.15) is 18.2 Å². The van der Waals surface area contributed by atoms with Gasteiger partial charge in [-0.15, -0.1) is 0 Å². The van der Waals surface area contributed by atoms with Crippen LogP contribution in [-0.4, -0.2) is 56.5 Å². The summed E-state index contributed by atoms with van der Waals surface area (Å²) in [6, 6.07) is 12.5. The van der Waals surface area contributed by atoms with Crippen LogP contribution in [0.2, 0.25) is 0 Å². The Labute approximate surface area is 187 Å². The number of amides is 1. The number of aromatic nitrogens is 1. The fourth-order valence-corrected chi connectivity index (χ4v) is 5.48. The van der Waals surface area contributed by atoms with Gasteiger partial charge in [-0.3, -0.25) is 4.79 Å². The Bertz CT molecular complexity index is 1230. The minimum absolute atomic E-state index is 0.0438. The van der Waals surface area contributed by atoms with Crippen LogP contribution in [0, 0.1) is 6.92 Å². The summed E-state index contributed by atoms with van der Waals surface area (Å²) in [5, 5.41) is 3.84. The minimum Gasteiger partial charge on any atom is -0.492 e. The van der Waals surface area contributed by atoms with Crippen molar-refractivity contribution in [3.63, 3.8) is 0 Å². The summed E-state index contributed by atoms with van der Waals surface area (Å²) >= 11 is 0. The number of nitrogens with zero attached hydrogens (tertiary/aromatic N) is 1. The smallest absolute Gasteiger partial charge is 0.246 e. The van der Waals surface area contributed by atoms with Crippen molar-refractivity contribution in [1.29, 1.82) is 0 Å². The molecule has 0 radical (unpaired) electrons. The van der Waals surface area contributed by atoms with E-state index in [1.165, 1.54) is 10.4 Å². The van der Waals surface area contributed by atoms with Gasteiger partial charge in [0.25, 0.3) is 0 Å². The molecule has 0 atom stereocenters. The lowest BCUT2D eigenvalue weighted by atomic mass is 10.1. The molecule has 0 aliphatic carbocycles. The van der Waals surface area contributed by atoms with Crippen molar-refractivity contribution in [3.05, 3.63) is 53.7 Å². The number of sulfonamides is 1. The fraction of sp³-hybridized carbons (Fsp3) is 0.348. The Hall–Kier alpha value is -2.88. The Morgan fingerprint density at radius 2 is 1.94 bits per heavy atom. The Balaban J connectivity index is 1.59. The van der Waals surface area contributed by atoms with Gasteiger partial charge in [0.1, 0.15) is 10.6 Å². The van der Waals surface area contributed by atoms with Crippen LogP contribution in [0.25, 0.3) is 10.9 Å². The molecule has 2 N–H and O–H groups in total. The van der Waals surface area contributed by atoms with E-state index in [4.69, 9.17) is 9.47 Å². The maximum Gasteiger partial charge on any atom is 0.246 e. The third-order valence-corrected chi connectivity index (χ3v) is 7.40. The Morgan fingerprint density at radius 1 is 1.19 bits per heavy atom. The number of aromatic amines is 1. The average molecular weight is 458 g/mol. The first-order valence-corrected chi connectivity index (χ1v) is 12.0. The monoisotopic (exact) mass is 457 g/mol. The summed E-state index contributed by atoms with van der Waals surface area (Å²) < 4.78 is 38.7. The van der Waals surface area contributed by atoms with E-state index in [-0.39, 0.29) is 36.1 Å². The molecule has 170 valence electrons. The third-order valence-electron chi connectivity index (χ3n) is 5.48. The molecule has 1 fully saturated rings. The van der Waals surface area contributed by atoms with E-state index in [1.54, 1.807) is 19.1 Å². The highest BCUT2D eigenvalue weighted by Crippen LogP contribution is 2.31. The van der Waals surface area contributed by atoms with Crippen molar-refractivity contribution in [2.24, 2.45) is 0 Å². The number of para-hydroxylation sites is 1. The molecule has 8 nitrogen and oxygen atoms in total. The number of hydrogen-bond acceptors (Lipinski definition) is 5. The van der Waals surface area contributed by atoms with Crippen LogP contribution in [0.3, 0.4) is 0 Å². The van der Waals surface area contributed by atoms with Gasteiger partial charge in [-0.2, -0.15) is 4.31 Å². The molecular weight excluding hydrogens is 430 g/mol. The first kappa shape index (κ1) is 22.3. The van der Waals surface area contributed by atoms with Gasteiger partial charge in [-0.05, 0) is 43.7 Å². The van der Waals surface area contributed by atoms with E-state index in [1.807, 2.05) is 31.2 Å². The summed E-state index contributed by atoms with van der Waals surface area (Å²) in [7, 11) is -3.79. The van der Waals surface area contributed by atoms with Crippen LogP contribution in [0.5, 0.6) is 5.75 Å². The number of rotatable bonds is 7. The van der Waals surface area contributed by atoms with Gasteiger partial charge >= 0.3 is 0 Å². The van der Waals surface area contributed by atoms with Gasteiger partial charge in [-0.1, -0.05) is 18.2 Å². The molecule has 1 saturated heterocycles. The molecule has 0 unspecified atom stereocenters. The van der Waals surface area contributed by atoms with Gasteiger partial charge in [0.2, 0.25) is 15.9 Å². The summed E-state index contributed by atoms with van der Waals surface area (Å²) in [5.41, 5.74) is 3.24. The van der Waals surface area contributed by atoms with Crippen LogP contribution >= 0.6 is 0 Å². The lowest BCUT2D eigenvalue weighted by Crippen LogP contribution is -2.40. The molecule has 1 amide bonds. The second-order valence-corrected chi connectivity index (χ2v) is 9.52. The molecule has 0 spiro atoms. The summed E-state index contributed by atoms with van der Waals surface area (Å²) in [6.07, 6.45) is 0.175. The first-order chi connectivity index (χ1) is 15.4. The number of morpholine rings is 1. The van der Waals surface area contributed by atoms with Crippen molar-refractivity contribution in [1.82, 2.24) is 9.29 Å². The van der Waals surface area contributed by atoms with Gasteiger partial charge in [0.15, 0.2) is 0 Å². The molecule has 3 aromatic rings. The van der Waals surface area contributed by atoms with Crippen LogP contribution in [-0.2, 0) is 26.0 Å². The number of benzene rings is 2. The van der Waals surface area contributed by atoms with E-state index in [0.29, 0.717) is 25.5 Å². The first-order valence-electron chi connectivity index (χ1n) is 10.6. The molecule has 2 aromatic carbocycles. The van der Waals surface area contributed by atoms with E-state index in [2.05, 4.69) is 10.3 Å². The maximum absolute atomic E-state index is 13.2. The minimum atomic E-state index is -3.79. The highest BCUT2D eigenvalue weighted by molar-refractivity contribution is 7.89. The summed E-state index contributed by atoms with van der Waals surface area (Å²) in [4.78, 5) is 16.2. The molecule has 1 aromatic heterocycles. The lowest BCUT2D eigenvalue weighted by Gasteiger charge is -2.27. The number of ether oxygens (including phenoxy) is 2. The number of hydrogen-bond donors (Lipinski definition) is 2. The van der Waals surface area contributed by atoms with Gasteiger partial charge < -0.3 is 19.8 Å². The molecule has 1 aliphatic rings. The summed E-state index contributed by atoms with van der Waals surface area (Å²) in [5.74, 6) is 0.0428. The molecule has 1 aliphatic heterocycles. The SMILES string of the molecule is CCOc1ccc(NC(=O)Cc2c(C)[nH]c3ccccc23)cc1S(=O)(=O)N1CCOCC1. The van der Waals surface area contributed by atoms with E-state index >= 15 is 0 Å². The van der Waals surface area contributed by atoms with Gasteiger partial charge in [0, 0.05) is 35.4 Å². The molecule has 0 saturated carbocycles. The predicted octanol–water partition coefficient (Wildman–Crippen LogP) is 3.08. The molecule has 0 bridgehead atoms. The van der Waals surface area contributed by atoms with E-state index in [9.17, 15) is 13.2 Å². The van der Waals surface area contributed by atoms with Crippen molar-refractivity contribution < 1.29 is 22.7 Å². The van der Waals surface area contributed by atoms with Gasteiger partial charge in [0.05, 0.1) is 26.2 Å².